The van der Waals surface area contributed by atoms with Crippen LogP contribution in [0.2, 0.25) is 10.0 Å². The zero-order valence-electron chi connectivity index (χ0n) is 10.2. The van der Waals surface area contributed by atoms with Gasteiger partial charge in [0.05, 0.1) is 11.6 Å². The molecule has 0 radical (unpaired) electrons. The molecule has 0 aromatic heterocycles. The Morgan fingerprint density at radius 3 is 2.50 bits per heavy atom. The van der Waals surface area contributed by atoms with E-state index in [4.69, 9.17) is 27.9 Å². The van der Waals surface area contributed by atoms with Crippen molar-refractivity contribution in [3.8, 4) is 5.75 Å². The fraction of sp³-hybridized carbons (Fsp3) is 0.143. The first-order valence-electron chi connectivity index (χ1n) is 5.66. The van der Waals surface area contributed by atoms with E-state index in [0.717, 1.165) is 18.2 Å². The summed E-state index contributed by atoms with van der Waals surface area (Å²) in [6.45, 7) is -0.542. The van der Waals surface area contributed by atoms with Crippen molar-refractivity contribution in [3.63, 3.8) is 0 Å². The van der Waals surface area contributed by atoms with Crippen LogP contribution >= 0.6 is 23.2 Å². The molecule has 20 heavy (non-hydrogen) atoms. The largest absolute Gasteiger partial charge is 0.487 e. The Morgan fingerprint density at radius 2 is 1.80 bits per heavy atom. The number of hydrogen-bond donors (Lipinski definition) is 1. The second kappa shape index (κ2) is 6.39. The summed E-state index contributed by atoms with van der Waals surface area (Å²) in [7, 11) is 0. The predicted molar refractivity (Wildman–Crippen MR) is 73.1 cm³/mol. The van der Waals surface area contributed by atoms with Crippen LogP contribution in [-0.4, -0.2) is 5.11 Å². The molecule has 0 fully saturated rings. The lowest BCUT2D eigenvalue weighted by Gasteiger charge is -2.13. The molecule has 0 aliphatic rings. The van der Waals surface area contributed by atoms with Gasteiger partial charge in [0.2, 0.25) is 0 Å². The lowest BCUT2D eigenvalue weighted by atomic mass is 10.2. The molecular weight excluding hydrogens is 309 g/mol. The number of benzene rings is 2. The van der Waals surface area contributed by atoms with E-state index in [1.165, 1.54) is 12.1 Å². The van der Waals surface area contributed by atoms with E-state index in [-0.39, 0.29) is 29.5 Å². The van der Waals surface area contributed by atoms with Crippen molar-refractivity contribution in [2.45, 2.75) is 13.2 Å². The molecule has 2 aromatic carbocycles. The van der Waals surface area contributed by atoms with Crippen LogP contribution in [0.1, 0.15) is 11.1 Å². The monoisotopic (exact) mass is 318 g/mol. The lowest BCUT2D eigenvalue weighted by molar-refractivity contribution is 0.257. The van der Waals surface area contributed by atoms with Gasteiger partial charge in [0.1, 0.15) is 24.0 Å². The van der Waals surface area contributed by atoms with Gasteiger partial charge in [0, 0.05) is 16.1 Å². The highest BCUT2D eigenvalue weighted by molar-refractivity contribution is 6.35. The van der Waals surface area contributed by atoms with E-state index >= 15 is 0 Å². The molecule has 0 atom stereocenters. The van der Waals surface area contributed by atoms with E-state index < -0.39 is 11.6 Å². The van der Waals surface area contributed by atoms with E-state index in [2.05, 4.69) is 0 Å². The molecule has 0 aliphatic carbocycles. The minimum absolute atomic E-state index is 0.0555. The van der Waals surface area contributed by atoms with Gasteiger partial charge < -0.3 is 9.84 Å². The number of hydrogen-bond acceptors (Lipinski definition) is 2. The first kappa shape index (κ1) is 15.0. The van der Waals surface area contributed by atoms with Crippen molar-refractivity contribution in [2.24, 2.45) is 0 Å². The van der Waals surface area contributed by atoms with Crippen molar-refractivity contribution >= 4 is 23.2 Å². The van der Waals surface area contributed by atoms with E-state index in [1.54, 1.807) is 0 Å². The fourth-order valence-electron chi connectivity index (χ4n) is 1.70. The van der Waals surface area contributed by atoms with Gasteiger partial charge in [-0.2, -0.15) is 0 Å². The first-order chi connectivity index (χ1) is 9.51. The van der Waals surface area contributed by atoms with Crippen LogP contribution < -0.4 is 4.74 Å². The zero-order chi connectivity index (χ0) is 14.7. The molecule has 0 unspecified atom stereocenters. The van der Waals surface area contributed by atoms with E-state index in [1.807, 2.05) is 0 Å². The SMILES string of the molecule is OCc1cc(Cl)cc(Cl)c1OCc1cc(F)ccc1F. The highest BCUT2D eigenvalue weighted by Gasteiger charge is 2.12. The molecule has 2 rings (SSSR count). The van der Waals surface area contributed by atoms with Crippen molar-refractivity contribution < 1.29 is 18.6 Å². The standard InChI is InChI=1S/C14H10Cl2F2O2/c15-10-3-8(6-19)14(12(16)5-10)20-7-9-4-11(17)1-2-13(9)18/h1-5,19H,6-7H2. The van der Waals surface area contributed by atoms with Crippen molar-refractivity contribution in [3.05, 3.63) is 63.1 Å². The molecule has 106 valence electrons. The summed E-state index contributed by atoms with van der Waals surface area (Å²) >= 11 is 11.8. The van der Waals surface area contributed by atoms with Crippen molar-refractivity contribution in [1.82, 2.24) is 0 Å². The number of halogens is 4. The predicted octanol–water partition coefficient (Wildman–Crippen LogP) is 4.34. The number of rotatable bonds is 4. The molecular formula is C14H10Cl2F2O2. The molecule has 0 amide bonds. The number of aliphatic hydroxyl groups is 1. The Labute approximate surface area is 124 Å². The van der Waals surface area contributed by atoms with Crippen LogP contribution in [0, 0.1) is 11.6 Å². The minimum atomic E-state index is -0.581. The maximum absolute atomic E-state index is 13.5. The second-order valence-electron chi connectivity index (χ2n) is 4.06. The van der Waals surface area contributed by atoms with Crippen molar-refractivity contribution in [2.75, 3.05) is 0 Å². The molecule has 0 heterocycles. The Kier molecular flexibility index (Phi) is 4.81. The van der Waals surface area contributed by atoms with Crippen molar-refractivity contribution in [1.29, 1.82) is 0 Å². The van der Waals surface area contributed by atoms with Gasteiger partial charge in [-0.25, -0.2) is 8.78 Å². The molecule has 1 N–H and O–H groups in total. The van der Waals surface area contributed by atoms with E-state index in [9.17, 15) is 13.9 Å². The van der Waals surface area contributed by atoms with Crippen LogP contribution in [0.5, 0.6) is 5.75 Å². The normalized spacial score (nSPS) is 10.7. The minimum Gasteiger partial charge on any atom is -0.487 e. The topological polar surface area (TPSA) is 29.5 Å². The average Bonchev–Trinajstić information content (AvgIpc) is 2.40. The first-order valence-corrected chi connectivity index (χ1v) is 6.42. The lowest BCUT2D eigenvalue weighted by Crippen LogP contribution is -2.02. The summed E-state index contributed by atoms with van der Waals surface area (Å²) in [4.78, 5) is 0. The highest BCUT2D eigenvalue weighted by atomic mass is 35.5. The molecule has 2 nitrogen and oxygen atoms in total. The third-order valence-electron chi connectivity index (χ3n) is 2.64. The summed E-state index contributed by atoms with van der Waals surface area (Å²) in [5.74, 6) is -0.946. The molecule has 0 aliphatic heterocycles. The Balaban J connectivity index is 2.25. The van der Waals surface area contributed by atoms with Gasteiger partial charge >= 0.3 is 0 Å². The van der Waals surface area contributed by atoms with Gasteiger partial charge in [-0.05, 0) is 30.3 Å². The Morgan fingerprint density at radius 1 is 1.05 bits per heavy atom. The van der Waals surface area contributed by atoms with Crippen LogP contribution in [0.15, 0.2) is 30.3 Å². The Bertz CT molecular complexity index is 633. The maximum Gasteiger partial charge on any atom is 0.144 e. The summed E-state index contributed by atoms with van der Waals surface area (Å²) in [6, 6.07) is 6.01. The Hall–Kier alpha value is -1.36. The van der Waals surface area contributed by atoms with Crippen LogP contribution in [0.3, 0.4) is 0 Å². The second-order valence-corrected chi connectivity index (χ2v) is 4.90. The summed E-state index contributed by atoms with van der Waals surface area (Å²) in [5, 5.41) is 9.78. The molecule has 0 saturated heterocycles. The molecule has 0 saturated carbocycles. The summed E-state index contributed by atoms with van der Waals surface area (Å²) < 4.78 is 31.9. The third kappa shape index (κ3) is 3.39. The van der Waals surface area contributed by atoms with Crippen LogP contribution in [-0.2, 0) is 13.2 Å². The van der Waals surface area contributed by atoms with Gasteiger partial charge in [-0.15, -0.1) is 0 Å². The van der Waals surface area contributed by atoms with E-state index in [0.29, 0.717) is 10.6 Å². The molecule has 6 heteroatoms. The van der Waals surface area contributed by atoms with Gasteiger partial charge in [0.15, 0.2) is 0 Å². The van der Waals surface area contributed by atoms with Crippen LogP contribution in [0.4, 0.5) is 8.78 Å². The van der Waals surface area contributed by atoms with Gasteiger partial charge in [-0.3, -0.25) is 0 Å². The zero-order valence-corrected chi connectivity index (χ0v) is 11.7. The smallest absolute Gasteiger partial charge is 0.144 e. The number of aliphatic hydroxyl groups excluding tert-OH is 1. The van der Waals surface area contributed by atoms with Gasteiger partial charge in [0.25, 0.3) is 0 Å². The highest BCUT2D eigenvalue weighted by Crippen LogP contribution is 2.33. The molecule has 0 spiro atoms. The average molecular weight is 319 g/mol. The fourth-order valence-corrected chi connectivity index (χ4v) is 2.29. The molecule has 0 bridgehead atoms. The molecule has 2 aromatic rings. The third-order valence-corrected chi connectivity index (χ3v) is 3.13. The summed E-state index contributed by atoms with van der Waals surface area (Å²) in [5.41, 5.74) is 0.430. The summed E-state index contributed by atoms with van der Waals surface area (Å²) in [6.07, 6.45) is 0. The maximum atomic E-state index is 13.5. The van der Waals surface area contributed by atoms with Gasteiger partial charge in [-0.1, -0.05) is 23.2 Å². The van der Waals surface area contributed by atoms with Crippen LogP contribution in [0.25, 0.3) is 0 Å². The number of ether oxygens (including phenoxy) is 1. The quantitative estimate of drug-likeness (QED) is 0.908.